The number of carboxylic acids is 1. The fourth-order valence-corrected chi connectivity index (χ4v) is 3.30. The van der Waals surface area contributed by atoms with E-state index < -0.39 is 16.9 Å². The van der Waals surface area contributed by atoms with E-state index in [0.717, 1.165) is 4.48 Å². The SMILES string of the molecule is CC(N)(C(=O)O)C(C)(C)C(C)(C)C(C)(C)C(C)(C)[N+](C)(C)C. The van der Waals surface area contributed by atoms with Crippen molar-refractivity contribution < 1.29 is 14.4 Å². The predicted molar refractivity (Wildman–Crippen MR) is 93.7 cm³/mol. The number of carbonyl (C=O) groups is 1. The summed E-state index contributed by atoms with van der Waals surface area (Å²) in [5, 5.41) is 9.64. The predicted octanol–water partition coefficient (Wildman–Crippen LogP) is 3.35. The van der Waals surface area contributed by atoms with Gasteiger partial charge in [-0.1, -0.05) is 41.5 Å². The lowest BCUT2D eigenvalue weighted by Gasteiger charge is -2.63. The minimum atomic E-state index is -1.31. The third kappa shape index (κ3) is 2.58. The molecule has 0 saturated carbocycles. The van der Waals surface area contributed by atoms with Gasteiger partial charge in [0.05, 0.1) is 26.7 Å². The first kappa shape index (κ1) is 21.4. The largest absolute Gasteiger partial charge is 0.480 e. The van der Waals surface area contributed by atoms with Gasteiger partial charge in [0.1, 0.15) is 5.54 Å². The van der Waals surface area contributed by atoms with E-state index in [1.54, 1.807) is 6.92 Å². The van der Waals surface area contributed by atoms with Gasteiger partial charge >= 0.3 is 5.97 Å². The fourth-order valence-electron chi connectivity index (χ4n) is 3.30. The Morgan fingerprint density at radius 3 is 1.32 bits per heavy atom. The van der Waals surface area contributed by atoms with Crippen LogP contribution in [0.1, 0.15) is 62.3 Å². The topological polar surface area (TPSA) is 63.3 Å². The van der Waals surface area contributed by atoms with E-state index in [9.17, 15) is 9.90 Å². The normalized spacial score (nSPS) is 18.0. The lowest BCUT2D eigenvalue weighted by atomic mass is 9.45. The molecule has 4 nitrogen and oxygen atoms in total. The van der Waals surface area contributed by atoms with Crippen LogP contribution >= 0.6 is 0 Å². The maximum absolute atomic E-state index is 11.8. The van der Waals surface area contributed by atoms with Crippen molar-refractivity contribution in [3.63, 3.8) is 0 Å². The molecule has 0 bridgehead atoms. The molecule has 0 aliphatic heterocycles. The molecule has 3 N–H and O–H groups in total. The molecule has 1 unspecified atom stereocenters. The minimum Gasteiger partial charge on any atom is -0.480 e. The van der Waals surface area contributed by atoms with Crippen molar-refractivity contribution in [2.24, 2.45) is 22.0 Å². The highest BCUT2D eigenvalue weighted by atomic mass is 16.4. The van der Waals surface area contributed by atoms with E-state index in [0.29, 0.717) is 0 Å². The molecular formula is C18H39N2O2+. The van der Waals surface area contributed by atoms with Crippen molar-refractivity contribution in [1.82, 2.24) is 0 Å². The lowest BCUT2D eigenvalue weighted by Crippen LogP contribution is -2.71. The minimum absolute atomic E-state index is 0.0810. The van der Waals surface area contributed by atoms with Gasteiger partial charge in [-0.15, -0.1) is 0 Å². The van der Waals surface area contributed by atoms with Crippen LogP contribution in [-0.4, -0.2) is 47.8 Å². The van der Waals surface area contributed by atoms with Crippen LogP contribution in [0.4, 0.5) is 0 Å². The van der Waals surface area contributed by atoms with Crippen LogP contribution in [0.25, 0.3) is 0 Å². The first-order valence-electron chi connectivity index (χ1n) is 8.03. The molecule has 1 atom stereocenters. The van der Waals surface area contributed by atoms with Crippen LogP contribution in [-0.2, 0) is 4.79 Å². The summed E-state index contributed by atoms with van der Waals surface area (Å²) in [5.41, 5.74) is 3.78. The summed E-state index contributed by atoms with van der Waals surface area (Å²) in [6, 6.07) is 0. The summed E-state index contributed by atoms with van der Waals surface area (Å²) >= 11 is 0. The Morgan fingerprint density at radius 1 is 0.773 bits per heavy atom. The van der Waals surface area contributed by atoms with Gasteiger partial charge in [0.25, 0.3) is 0 Å². The molecule has 0 aliphatic carbocycles. The summed E-state index contributed by atoms with van der Waals surface area (Å²) in [4.78, 5) is 11.8. The molecule has 0 aromatic heterocycles. The smallest absolute Gasteiger partial charge is 0.323 e. The highest BCUT2D eigenvalue weighted by Gasteiger charge is 2.64. The van der Waals surface area contributed by atoms with Crippen molar-refractivity contribution in [3.05, 3.63) is 0 Å². The van der Waals surface area contributed by atoms with Crippen molar-refractivity contribution in [3.8, 4) is 0 Å². The van der Waals surface area contributed by atoms with E-state index >= 15 is 0 Å². The van der Waals surface area contributed by atoms with Gasteiger partial charge in [-0.2, -0.15) is 0 Å². The maximum Gasteiger partial charge on any atom is 0.323 e. The molecule has 0 spiro atoms. The number of nitrogens with two attached hydrogens (primary N) is 1. The second-order valence-corrected chi connectivity index (χ2v) is 9.95. The number of nitrogens with zero attached hydrogens (tertiary/aromatic N) is 1. The lowest BCUT2D eigenvalue weighted by molar-refractivity contribution is -0.930. The first-order valence-corrected chi connectivity index (χ1v) is 8.03. The number of hydrogen-bond donors (Lipinski definition) is 2. The number of quaternary nitrogens is 1. The third-order valence-corrected chi connectivity index (χ3v) is 8.07. The number of hydrogen-bond acceptors (Lipinski definition) is 2. The first-order chi connectivity index (χ1) is 9.19. The van der Waals surface area contributed by atoms with Gasteiger partial charge in [-0.05, 0) is 31.6 Å². The zero-order valence-corrected chi connectivity index (χ0v) is 16.9. The third-order valence-electron chi connectivity index (χ3n) is 8.07. The van der Waals surface area contributed by atoms with Crippen LogP contribution in [0.3, 0.4) is 0 Å². The monoisotopic (exact) mass is 315 g/mol. The Hall–Kier alpha value is -0.610. The summed E-state index contributed by atoms with van der Waals surface area (Å²) in [6.45, 7) is 18.9. The van der Waals surface area contributed by atoms with E-state index in [4.69, 9.17) is 5.73 Å². The summed E-state index contributed by atoms with van der Waals surface area (Å²) in [6.07, 6.45) is 0. The van der Waals surface area contributed by atoms with Gasteiger partial charge in [0.2, 0.25) is 0 Å². The number of carboxylic acid groups (broad SMARTS) is 1. The van der Waals surface area contributed by atoms with Crippen LogP contribution in [0.5, 0.6) is 0 Å². The molecule has 0 heterocycles. The quantitative estimate of drug-likeness (QED) is 0.739. The van der Waals surface area contributed by atoms with Crippen LogP contribution < -0.4 is 5.73 Å². The second-order valence-electron chi connectivity index (χ2n) is 9.95. The summed E-state index contributed by atoms with van der Waals surface area (Å²) < 4.78 is 0.786. The zero-order valence-electron chi connectivity index (χ0n) is 16.9. The van der Waals surface area contributed by atoms with Crippen LogP contribution in [0, 0.1) is 16.2 Å². The molecule has 0 rings (SSSR count). The molecule has 0 aliphatic rings. The maximum atomic E-state index is 11.8. The van der Waals surface area contributed by atoms with Crippen molar-refractivity contribution in [2.45, 2.75) is 73.4 Å². The molecule has 0 radical (unpaired) electrons. The fraction of sp³-hybridized carbons (Fsp3) is 0.944. The summed E-state index contributed by atoms with van der Waals surface area (Å²) in [7, 11) is 6.55. The van der Waals surface area contributed by atoms with Gasteiger partial charge in [0.15, 0.2) is 0 Å². The van der Waals surface area contributed by atoms with E-state index in [1.807, 2.05) is 13.8 Å². The molecule has 0 fully saturated rings. The van der Waals surface area contributed by atoms with Gasteiger partial charge in [-0.25, -0.2) is 0 Å². The van der Waals surface area contributed by atoms with Gasteiger partial charge in [-0.3, -0.25) is 4.79 Å². The van der Waals surface area contributed by atoms with Crippen molar-refractivity contribution in [2.75, 3.05) is 21.1 Å². The molecule has 0 aromatic carbocycles. The van der Waals surface area contributed by atoms with Gasteiger partial charge < -0.3 is 15.3 Å². The zero-order chi connectivity index (χ0) is 18.6. The molecule has 22 heavy (non-hydrogen) atoms. The highest BCUT2D eigenvalue weighted by molar-refractivity contribution is 5.79. The Labute approximate surface area is 137 Å². The molecule has 132 valence electrons. The standard InChI is InChI=1S/C18H38N2O2/c1-14(2,16(5,6)18(9,19)13(21)22)15(3,4)17(7,8)20(10,11)12/h19H2,1-12H3/p+1. The van der Waals surface area contributed by atoms with E-state index in [2.05, 4.69) is 62.7 Å². The molecular weight excluding hydrogens is 276 g/mol. The van der Waals surface area contributed by atoms with Crippen molar-refractivity contribution >= 4 is 5.97 Å². The van der Waals surface area contributed by atoms with Crippen molar-refractivity contribution in [1.29, 1.82) is 0 Å². The second kappa shape index (κ2) is 5.20. The Kier molecular flexibility index (Phi) is 5.06. The summed E-state index contributed by atoms with van der Waals surface area (Å²) in [5.74, 6) is -0.954. The Morgan fingerprint density at radius 2 is 1.09 bits per heavy atom. The Balaban J connectivity index is 6.29. The van der Waals surface area contributed by atoms with Crippen LogP contribution in [0.15, 0.2) is 0 Å². The van der Waals surface area contributed by atoms with E-state index in [-0.39, 0.29) is 16.4 Å². The molecule has 0 amide bonds. The van der Waals surface area contributed by atoms with Gasteiger partial charge in [0, 0.05) is 5.41 Å². The number of rotatable bonds is 6. The molecule has 0 saturated heterocycles. The average molecular weight is 316 g/mol. The Bertz CT molecular complexity index is 438. The molecule has 0 aromatic rings. The highest BCUT2D eigenvalue weighted by Crippen LogP contribution is 2.60. The van der Waals surface area contributed by atoms with Crippen LogP contribution in [0.2, 0.25) is 0 Å². The average Bonchev–Trinajstić information content (AvgIpc) is 2.25. The van der Waals surface area contributed by atoms with E-state index in [1.165, 1.54) is 0 Å². The number of aliphatic carboxylic acids is 1. The molecule has 4 heteroatoms.